The molecule has 16 heteroatoms. The zero-order valence-electron chi connectivity index (χ0n) is 31.9. The van der Waals surface area contributed by atoms with Crippen molar-refractivity contribution in [3.8, 4) is 5.75 Å². The van der Waals surface area contributed by atoms with Gasteiger partial charge in [-0.2, -0.15) is 0 Å². The summed E-state index contributed by atoms with van der Waals surface area (Å²) in [5.74, 6) is -1.03. The molecule has 6 N–H and O–H groups in total. The number of nitrogens with one attached hydrogen (secondary N) is 1. The van der Waals surface area contributed by atoms with Crippen LogP contribution in [0.1, 0.15) is 36.1 Å². The number of aryl methyl sites for hydroxylation is 1. The number of methoxy groups -OCH3 is 1. The highest BCUT2D eigenvalue weighted by atomic mass is 28.3. The summed E-state index contributed by atoms with van der Waals surface area (Å²) in [6, 6.07) is 22.7. The normalized spacial score (nSPS) is 29.4. The number of hydrogen-bond acceptors (Lipinski definition) is 12. The summed E-state index contributed by atoms with van der Waals surface area (Å²) >= 11 is 0. The molecule has 1 aromatic heterocycles. The first-order valence-corrected chi connectivity index (χ1v) is 21.8. The minimum absolute atomic E-state index is 0.0878. The van der Waals surface area contributed by atoms with Crippen molar-refractivity contribution >= 4 is 36.4 Å². The van der Waals surface area contributed by atoms with Crippen molar-refractivity contribution in [1.82, 2.24) is 15.0 Å². The van der Waals surface area contributed by atoms with E-state index < -0.39 is 56.4 Å². The lowest BCUT2D eigenvalue weighted by Gasteiger charge is -2.37. The van der Waals surface area contributed by atoms with Gasteiger partial charge in [-0.05, 0) is 47.9 Å². The SMILES string of the molecule is COc1ccc([Si](C)(C)[C@H]2[C@H](CCn3cc(C(CO)c4ccccc4)nn3)O[C@@]3(C(=O)N(C)c4ccc(NC(=O)[C@H]5O[C@@H](O)[C@H](O)[C@@H](O)[C@@H]5O)cc43)[C@@H]2C)cc1. The first-order chi connectivity index (χ1) is 26.7. The van der Waals surface area contributed by atoms with E-state index in [0.717, 1.165) is 16.5 Å². The molecule has 15 nitrogen and oxygen atoms in total. The quantitative estimate of drug-likeness (QED) is 0.119. The van der Waals surface area contributed by atoms with E-state index >= 15 is 0 Å². The lowest BCUT2D eigenvalue weighted by Crippen LogP contribution is -2.60. The highest BCUT2D eigenvalue weighted by molar-refractivity contribution is 6.91. The molecular weight excluding hydrogens is 739 g/mol. The molecule has 3 aliphatic rings. The minimum Gasteiger partial charge on any atom is -0.497 e. The Morgan fingerprint density at radius 1 is 1.02 bits per heavy atom. The van der Waals surface area contributed by atoms with Gasteiger partial charge in [0, 0.05) is 37.0 Å². The highest BCUT2D eigenvalue weighted by Gasteiger charge is 2.66. The van der Waals surface area contributed by atoms with Crippen LogP contribution in [0.4, 0.5) is 11.4 Å². The number of hydrogen-bond donors (Lipinski definition) is 6. The van der Waals surface area contributed by atoms with Crippen LogP contribution in [0.25, 0.3) is 0 Å². The highest BCUT2D eigenvalue weighted by Crippen LogP contribution is 2.60. The zero-order valence-corrected chi connectivity index (χ0v) is 32.9. The number of nitrogens with zero attached hydrogens (tertiary/aromatic N) is 4. The number of carbonyl (C=O) groups excluding carboxylic acids is 2. The Morgan fingerprint density at radius 2 is 1.73 bits per heavy atom. The topological polar surface area (TPSA) is 209 Å². The number of aliphatic hydroxyl groups is 5. The second kappa shape index (κ2) is 15.4. The standard InChI is InChI=1S/C40H49N5O10Si/c1-22-36(56(4,5)26-14-12-25(53-3)13-15-26)31(17-18-45-20-29(42-43-45)27(21-46)23-9-7-6-8-10-23)55-40(22)28-19-24(11-16-30(28)44(2)39(40)52)41-37(50)35-33(48)32(47)34(49)38(51)54-35/h6-16,19-20,22,27,31-36,38,46-49,51H,17-18,21H2,1-5H3,(H,41,50)/t22-,27?,31+,32+,33+,34-,35+,36-,38-,40+/m1/s1. The third kappa shape index (κ3) is 6.73. The van der Waals surface area contributed by atoms with Crippen LogP contribution in [0.2, 0.25) is 18.6 Å². The molecule has 2 fully saturated rings. The number of anilines is 2. The van der Waals surface area contributed by atoms with Crippen LogP contribution in [0.5, 0.6) is 5.75 Å². The summed E-state index contributed by atoms with van der Waals surface area (Å²) in [7, 11) is 0.844. The lowest BCUT2D eigenvalue weighted by molar-refractivity contribution is -0.274. The molecule has 0 bridgehead atoms. The maximum Gasteiger partial charge on any atom is 0.264 e. The van der Waals surface area contributed by atoms with Crippen molar-refractivity contribution in [2.75, 3.05) is 31.0 Å². The Morgan fingerprint density at radius 3 is 2.41 bits per heavy atom. The van der Waals surface area contributed by atoms with Gasteiger partial charge in [0.25, 0.3) is 11.8 Å². The van der Waals surface area contributed by atoms with E-state index in [1.54, 1.807) is 41.9 Å². The summed E-state index contributed by atoms with van der Waals surface area (Å²) in [5.41, 5.74) is 1.52. The van der Waals surface area contributed by atoms with Gasteiger partial charge in [0.1, 0.15) is 24.1 Å². The molecule has 0 saturated carbocycles. The molecule has 0 aliphatic carbocycles. The van der Waals surface area contributed by atoms with Crippen LogP contribution >= 0.6 is 0 Å². The smallest absolute Gasteiger partial charge is 0.264 e. The van der Waals surface area contributed by atoms with Crippen molar-refractivity contribution in [2.45, 2.75) is 86.9 Å². The van der Waals surface area contributed by atoms with Crippen LogP contribution in [0, 0.1) is 5.92 Å². The number of likely N-dealkylation sites (N-methyl/N-ethyl adjacent to an activating group) is 1. The molecule has 10 atom stereocenters. The van der Waals surface area contributed by atoms with Gasteiger partial charge in [0.2, 0.25) is 0 Å². The number of fused-ring (bicyclic) bond motifs is 2. The fourth-order valence-electron chi connectivity index (χ4n) is 8.96. The van der Waals surface area contributed by atoms with Crippen LogP contribution in [0.3, 0.4) is 0 Å². The Balaban J connectivity index is 1.22. The molecule has 3 aromatic carbocycles. The average Bonchev–Trinajstić information content (AvgIpc) is 3.85. The van der Waals surface area contributed by atoms with Gasteiger partial charge in [-0.25, -0.2) is 0 Å². The third-order valence-electron chi connectivity index (χ3n) is 12.0. The molecule has 7 rings (SSSR count). The van der Waals surface area contributed by atoms with Gasteiger partial charge in [-0.1, -0.05) is 72.9 Å². The number of rotatable bonds is 11. The van der Waals surface area contributed by atoms with E-state index in [1.165, 1.54) is 0 Å². The first kappa shape index (κ1) is 39.7. The van der Waals surface area contributed by atoms with Crippen molar-refractivity contribution in [3.63, 3.8) is 0 Å². The summed E-state index contributed by atoms with van der Waals surface area (Å²) in [6.45, 7) is 6.91. The molecule has 4 heterocycles. The number of aliphatic hydroxyl groups excluding tert-OH is 5. The van der Waals surface area contributed by atoms with Crippen LogP contribution in [-0.4, -0.2) is 118 Å². The molecular formula is C40H49N5O10Si. The van der Waals surface area contributed by atoms with Gasteiger partial charge in [0.05, 0.1) is 45.2 Å². The van der Waals surface area contributed by atoms with E-state index in [4.69, 9.17) is 14.2 Å². The summed E-state index contributed by atoms with van der Waals surface area (Å²) in [5, 5.41) is 63.5. The van der Waals surface area contributed by atoms with E-state index in [9.17, 15) is 35.1 Å². The van der Waals surface area contributed by atoms with Crippen molar-refractivity contribution in [3.05, 3.63) is 95.8 Å². The predicted octanol–water partition coefficient (Wildman–Crippen LogP) is 1.43. The molecule has 4 aromatic rings. The maximum atomic E-state index is 14.6. The zero-order chi connectivity index (χ0) is 40.1. The van der Waals surface area contributed by atoms with Crippen molar-refractivity contribution in [1.29, 1.82) is 0 Å². The van der Waals surface area contributed by atoms with E-state index in [2.05, 4.69) is 47.8 Å². The van der Waals surface area contributed by atoms with Gasteiger partial charge < -0.3 is 50.0 Å². The molecule has 298 valence electrons. The summed E-state index contributed by atoms with van der Waals surface area (Å²) < 4.78 is 19.5. The molecule has 3 aliphatic heterocycles. The first-order valence-electron chi connectivity index (χ1n) is 18.7. The Bertz CT molecular complexity index is 2050. The van der Waals surface area contributed by atoms with Gasteiger partial charge in [-0.3, -0.25) is 14.3 Å². The number of ether oxygens (including phenoxy) is 3. The number of aromatic nitrogens is 3. The predicted molar refractivity (Wildman–Crippen MR) is 207 cm³/mol. The molecule has 1 unspecified atom stereocenters. The number of amides is 2. The van der Waals surface area contributed by atoms with Gasteiger partial charge >= 0.3 is 0 Å². The minimum atomic E-state index is -2.48. The van der Waals surface area contributed by atoms with Crippen molar-refractivity contribution < 1.29 is 49.3 Å². The maximum absolute atomic E-state index is 14.6. The van der Waals surface area contributed by atoms with Gasteiger partial charge in [0.15, 0.2) is 18.0 Å². The fourth-order valence-corrected chi connectivity index (χ4v) is 13.0. The second-order valence-corrected chi connectivity index (χ2v) is 20.2. The molecule has 0 radical (unpaired) electrons. The van der Waals surface area contributed by atoms with Crippen LogP contribution < -0.4 is 20.1 Å². The molecule has 56 heavy (non-hydrogen) atoms. The Labute approximate surface area is 325 Å². The van der Waals surface area contributed by atoms with Gasteiger partial charge in [-0.15, -0.1) is 5.10 Å². The molecule has 2 amide bonds. The monoisotopic (exact) mass is 787 g/mol. The number of benzene rings is 3. The van der Waals surface area contributed by atoms with Crippen molar-refractivity contribution in [2.24, 2.45) is 5.92 Å². The van der Waals surface area contributed by atoms with Crippen LogP contribution in [0.15, 0.2) is 79.0 Å². The Hall–Kier alpha value is -4.52. The molecule has 2 saturated heterocycles. The second-order valence-electron chi connectivity index (χ2n) is 15.5. The summed E-state index contributed by atoms with van der Waals surface area (Å²) in [4.78, 5) is 29.5. The molecule has 1 spiro atoms. The lowest BCUT2D eigenvalue weighted by atomic mass is 9.82. The van der Waals surface area contributed by atoms with E-state index in [1.807, 2.05) is 48.7 Å². The van der Waals surface area contributed by atoms with Crippen LogP contribution in [-0.2, 0) is 31.2 Å². The van der Waals surface area contributed by atoms with E-state index in [-0.39, 0.29) is 35.6 Å². The third-order valence-corrected chi connectivity index (χ3v) is 16.4. The summed E-state index contributed by atoms with van der Waals surface area (Å²) in [6.07, 6.45) is -7.05. The van der Waals surface area contributed by atoms with E-state index in [0.29, 0.717) is 29.9 Å². The average molecular weight is 788 g/mol. The largest absolute Gasteiger partial charge is 0.497 e. The fraction of sp³-hybridized carbons (Fsp3) is 0.450. The Kier molecular flexibility index (Phi) is 10.9. The number of carbonyl (C=O) groups is 2.